The Hall–Kier alpha value is -0.810. The summed E-state index contributed by atoms with van der Waals surface area (Å²) in [5.41, 5.74) is 6.89. The number of nitrogen functional groups attached to an aromatic ring is 1. The fourth-order valence-corrected chi connectivity index (χ4v) is 1.50. The Labute approximate surface area is 104 Å². The van der Waals surface area contributed by atoms with E-state index in [1.54, 1.807) is 6.07 Å². The van der Waals surface area contributed by atoms with Gasteiger partial charge in [-0.1, -0.05) is 0 Å². The third kappa shape index (κ3) is 3.35. The Morgan fingerprint density at radius 3 is 2.69 bits per heavy atom. The molecule has 0 heterocycles. The summed E-state index contributed by atoms with van der Waals surface area (Å²) >= 11 is 3.14. The van der Waals surface area contributed by atoms with Crippen LogP contribution in [0.1, 0.15) is 6.92 Å². The highest BCUT2D eigenvalue weighted by Crippen LogP contribution is 2.26. The predicted octanol–water partition coefficient (Wildman–Crippen LogP) is 2.53. The number of likely N-dealkylation sites (N-methyl/N-ethyl adjacent to an activating group) is 1. The zero-order valence-corrected chi connectivity index (χ0v) is 11.3. The molecule has 0 radical (unpaired) electrons. The molecule has 1 aromatic rings. The highest BCUT2D eigenvalue weighted by atomic mass is 79.9. The van der Waals surface area contributed by atoms with Crippen molar-refractivity contribution in [3.63, 3.8) is 0 Å². The molecule has 0 aliphatic heterocycles. The molecule has 0 aromatic heterocycles. The van der Waals surface area contributed by atoms with Gasteiger partial charge >= 0.3 is 0 Å². The molecule has 0 spiro atoms. The summed E-state index contributed by atoms with van der Waals surface area (Å²) in [5, 5.41) is 3.20. The largest absolute Gasteiger partial charge is 0.397 e. The van der Waals surface area contributed by atoms with Gasteiger partial charge in [-0.2, -0.15) is 0 Å². The monoisotopic (exact) mass is 289 g/mol. The van der Waals surface area contributed by atoms with Gasteiger partial charge in [-0.3, -0.25) is 0 Å². The van der Waals surface area contributed by atoms with Crippen LogP contribution in [-0.2, 0) is 0 Å². The van der Waals surface area contributed by atoms with Gasteiger partial charge in [-0.05, 0) is 43.0 Å². The number of benzene rings is 1. The molecule has 3 N–H and O–H groups in total. The molecule has 1 atom stereocenters. The molecule has 0 aliphatic carbocycles. The zero-order valence-electron chi connectivity index (χ0n) is 9.72. The second-order valence-corrected chi connectivity index (χ2v) is 4.90. The van der Waals surface area contributed by atoms with Crippen molar-refractivity contribution in [3.05, 3.63) is 22.4 Å². The van der Waals surface area contributed by atoms with Crippen LogP contribution < -0.4 is 11.1 Å². The SMILES string of the molecule is CC(CNc1cc(Br)c(F)cc1N)N(C)C. The number of hydrogen-bond donors (Lipinski definition) is 2. The van der Waals surface area contributed by atoms with Crippen LogP contribution in [0.15, 0.2) is 16.6 Å². The van der Waals surface area contributed by atoms with Crippen molar-refractivity contribution >= 4 is 27.3 Å². The van der Waals surface area contributed by atoms with Crippen molar-refractivity contribution in [1.29, 1.82) is 0 Å². The average molecular weight is 290 g/mol. The van der Waals surface area contributed by atoms with Crippen LogP contribution in [0.2, 0.25) is 0 Å². The summed E-state index contributed by atoms with van der Waals surface area (Å²) in [6.07, 6.45) is 0. The number of nitrogens with one attached hydrogen (secondary N) is 1. The summed E-state index contributed by atoms with van der Waals surface area (Å²) in [6.45, 7) is 2.86. The van der Waals surface area contributed by atoms with E-state index in [0.29, 0.717) is 16.2 Å². The molecule has 0 saturated heterocycles. The van der Waals surface area contributed by atoms with Crippen LogP contribution in [-0.4, -0.2) is 31.6 Å². The number of anilines is 2. The third-order valence-electron chi connectivity index (χ3n) is 2.56. The van der Waals surface area contributed by atoms with E-state index < -0.39 is 0 Å². The summed E-state index contributed by atoms with van der Waals surface area (Å²) < 4.78 is 13.5. The first-order valence-corrected chi connectivity index (χ1v) is 5.86. The number of hydrogen-bond acceptors (Lipinski definition) is 3. The number of nitrogens with two attached hydrogens (primary N) is 1. The lowest BCUT2D eigenvalue weighted by atomic mass is 10.2. The quantitative estimate of drug-likeness (QED) is 0.837. The van der Waals surface area contributed by atoms with Crippen molar-refractivity contribution in [2.24, 2.45) is 0 Å². The van der Waals surface area contributed by atoms with Gasteiger partial charge in [0, 0.05) is 18.7 Å². The molecule has 0 bridgehead atoms. The Kier molecular flexibility index (Phi) is 4.56. The highest BCUT2D eigenvalue weighted by Gasteiger charge is 2.08. The lowest BCUT2D eigenvalue weighted by Gasteiger charge is -2.21. The molecule has 0 amide bonds. The van der Waals surface area contributed by atoms with Crippen molar-refractivity contribution in [1.82, 2.24) is 4.90 Å². The number of halogens is 2. The molecular formula is C11H17BrFN3. The topological polar surface area (TPSA) is 41.3 Å². The second kappa shape index (κ2) is 5.50. The van der Waals surface area contributed by atoms with E-state index in [2.05, 4.69) is 33.1 Å². The van der Waals surface area contributed by atoms with Gasteiger partial charge in [0.15, 0.2) is 0 Å². The first kappa shape index (κ1) is 13.3. The Bertz CT molecular complexity index is 368. The molecule has 0 aliphatic rings. The van der Waals surface area contributed by atoms with Crippen LogP contribution in [0.4, 0.5) is 15.8 Å². The number of rotatable bonds is 4. The fourth-order valence-electron chi connectivity index (χ4n) is 1.16. The predicted molar refractivity (Wildman–Crippen MR) is 70.2 cm³/mol. The van der Waals surface area contributed by atoms with Gasteiger partial charge in [0.1, 0.15) is 5.82 Å². The van der Waals surface area contributed by atoms with Crippen molar-refractivity contribution < 1.29 is 4.39 Å². The fraction of sp³-hybridized carbons (Fsp3) is 0.455. The summed E-state index contributed by atoms with van der Waals surface area (Å²) in [4.78, 5) is 2.10. The first-order valence-electron chi connectivity index (χ1n) is 5.06. The Balaban J connectivity index is 2.71. The van der Waals surface area contributed by atoms with Crippen molar-refractivity contribution in [2.75, 3.05) is 31.7 Å². The molecule has 1 rings (SSSR count). The van der Waals surface area contributed by atoms with E-state index in [9.17, 15) is 4.39 Å². The van der Waals surface area contributed by atoms with Gasteiger partial charge in [0.2, 0.25) is 0 Å². The van der Waals surface area contributed by atoms with Crippen molar-refractivity contribution in [2.45, 2.75) is 13.0 Å². The second-order valence-electron chi connectivity index (χ2n) is 4.05. The molecule has 0 fully saturated rings. The Morgan fingerprint density at radius 2 is 2.12 bits per heavy atom. The molecule has 1 aromatic carbocycles. The minimum Gasteiger partial charge on any atom is -0.397 e. The average Bonchev–Trinajstić information content (AvgIpc) is 2.20. The molecule has 0 saturated carbocycles. The van der Waals surface area contributed by atoms with Gasteiger partial charge in [0.05, 0.1) is 15.8 Å². The molecular weight excluding hydrogens is 273 g/mol. The maximum Gasteiger partial charge on any atom is 0.139 e. The minimum atomic E-state index is -0.344. The van der Waals surface area contributed by atoms with Crippen LogP contribution in [0.5, 0.6) is 0 Å². The van der Waals surface area contributed by atoms with Gasteiger partial charge in [-0.25, -0.2) is 4.39 Å². The minimum absolute atomic E-state index is 0.344. The van der Waals surface area contributed by atoms with E-state index in [1.165, 1.54) is 6.07 Å². The van der Waals surface area contributed by atoms with E-state index in [1.807, 2.05) is 14.1 Å². The van der Waals surface area contributed by atoms with E-state index in [-0.39, 0.29) is 5.82 Å². The van der Waals surface area contributed by atoms with E-state index in [4.69, 9.17) is 5.73 Å². The maximum absolute atomic E-state index is 13.1. The molecule has 5 heteroatoms. The molecule has 90 valence electrons. The first-order chi connectivity index (χ1) is 7.41. The van der Waals surface area contributed by atoms with E-state index >= 15 is 0 Å². The van der Waals surface area contributed by atoms with Crippen LogP contribution in [0, 0.1) is 5.82 Å². The molecule has 1 unspecified atom stereocenters. The lowest BCUT2D eigenvalue weighted by Crippen LogP contribution is -2.31. The van der Waals surface area contributed by atoms with Gasteiger partial charge < -0.3 is 16.0 Å². The third-order valence-corrected chi connectivity index (χ3v) is 3.17. The van der Waals surface area contributed by atoms with Crippen LogP contribution in [0.25, 0.3) is 0 Å². The summed E-state index contributed by atoms with van der Waals surface area (Å²) in [5.74, 6) is -0.344. The van der Waals surface area contributed by atoms with Crippen LogP contribution in [0.3, 0.4) is 0 Å². The number of nitrogens with zero attached hydrogens (tertiary/aromatic N) is 1. The van der Waals surface area contributed by atoms with Crippen LogP contribution >= 0.6 is 15.9 Å². The zero-order chi connectivity index (χ0) is 12.3. The van der Waals surface area contributed by atoms with Gasteiger partial charge in [0.25, 0.3) is 0 Å². The highest BCUT2D eigenvalue weighted by molar-refractivity contribution is 9.10. The Morgan fingerprint density at radius 1 is 1.50 bits per heavy atom. The lowest BCUT2D eigenvalue weighted by molar-refractivity contribution is 0.326. The smallest absolute Gasteiger partial charge is 0.139 e. The summed E-state index contributed by atoms with van der Waals surface area (Å²) in [7, 11) is 4.02. The molecule has 3 nitrogen and oxygen atoms in total. The standard InChI is InChI=1S/C11H17BrFN3/c1-7(16(2)3)6-15-11-4-8(12)9(13)5-10(11)14/h4-5,7,15H,6,14H2,1-3H3. The van der Waals surface area contributed by atoms with Crippen molar-refractivity contribution in [3.8, 4) is 0 Å². The van der Waals surface area contributed by atoms with Gasteiger partial charge in [-0.15, -0.1) is 0 Å². The molecule has 16 heavy (non-hydrogen) atoms. The normalized spacial score (nSPS) is 12.9. The van der Waals surface area contributed by atoms with E-state index in [0.717, 1.165) is 12.2 Å². The summed E-state index contributed by atoms with van der Waals surface area (Å²) in [6, 6.07) is 3.35. The maximum atomic E-state index is 13.1.